The zero-order valence-electron chi connectivity index (χ0n) is 26.7. The molecule has 0 spiro atoms. The summed E-state index contributed by atoms with van der Waals surface area (Å²) in [5, 5.41) is 0. The molecular weight excluding hydrogens is 528 g/mol. The van der Waals surface area contributed by atoms with Crippen molar-refractivity contribution in [3.8, 4) is 0 Å². The van der Waals surface area contributed by atoms with Crippen molar-refractivity contribution >= 4 is 0 Å². The monoisotopic (exact) mass is 580 g/mol. The third-order valence-corrected chi connectivity index (χ3v) is 9.12. The van der Waals surface area contributed by atoms with E-state index in [4.69, 9.17) is 28.9 Å². The van der Waals surface area contributed by atoms with Gasteiger partial charge in [-0.1, -0.05) is 39.8 Å². The van der Waals surface area contributed by atoms with Crippen LogP contribution in [0.1, 0.15) is 98.1 Å². The Morgan fingerprint density at radius 1 is 0.833 bits per heavy atom. The lowest BCUT2D eigenvalue weighted by atomic mass is 9.93. The van der Waals surface area contributed by atoms with Gasteiger partial charge in [0.1, 0.15) is 0 Å². The SMILES string of the molecule is CC(C)c1ccc([C@@H]2CCOC2)c(CN(C)CCOCC2C[C@H](c3ccc(C(C)C)nc3CN(C)C3COC3)CO2)n1. The van der Waals surface area contributed by atoms with Crippen molar-refractivity contribution < 1.29 is 18.9 Å². The maximum Gasteiger partial charge on any atom is 0.0815 e. The molecule has 232 valence electrons. The highest BCUT2D eigenvalue weighted by atomic mass is 16.5. The quantitative estimate of drug-likeness (QED) is 0.287. The Kier molecular flexibility index (Phi) is 11.0. The van der Waals surface area contributed by atoms with Crippen molar-refractivity contribution in [3.63, 3.8) is 0 Å². The molecule has 5 heterocycles. The van der Waals surface area contributed by atoms with Crippen LogP contribution in [-0.4, -0.2) is 98.8 Å². The van der Waals surface area contributed by atoms with Crippen LogP contribution in [0.3, 0.4) is 0 Å². The highest BCUT2D eigenvalue weighted by Crippen LogP contribution is 2.33. The van der Waals surface area contributed by atoms with Gasteiger partial charge in [0.25, 0.3) is 0 Å². The first-order chi connectivity index (χ1) is 20.3. The van der Waals surface area contributed by atoms with Crippen LogP contribution in [0.5, 0.6) is 0 Å². The van der Waals surface area contributed by atoms with E-state index in [9.17, 15) is 0 Å². The summed E-state index contributed by atoms with van der Waals surface area (Å²) < 4.78 is 23.5. The van der Waals surface area contributed by atoms with Crippen molar-refractivity contribution in [2.75, 3.05) is 66.9 Å². The third kappa shape index (κ3) is 7.96. The predicted molar refractivity (Wildman–Crippen MR) is 165 cm³/mol. The number of likely N-dealkylation sites (N-methyl/N-ethyl adjacent to an activating group) is 2. The molecule has 1 unspecified atom stereocenters. The first-order valence-corrected chi connectivity index (χ1v) is 16.0. The normalized spacial score (nSPS) is 23.1. The highest BCUT2D eigenvalue weighted by molar-refractivity contribution is 5.30. The Balaban J connectivity index is 1.11. The number of hydrogen-bond donors (Lipinski definition) is 0. The molecule has 3 atom stereocenters. The summed E-state index contributed by atoms with van der Waals surface area (Å²) in [5.41, 5.74) is 7.36. The molecular formula is C34H52N4O4. The predicted octanol–water partition coefficient (Wildman–Crippen LogP) is 5.08. The van der Waals surface area contributed by atoms with Gasteiger partial charge < -0.3 is 18.9 Å². The topological polar surface area (TPSA) is 69.2 Å². The van der Waals surface area contributed by atoms with Crippen molar-refractivity contribution in [2.24, 2.45) is 0 Å². The Morgan fingerprint density at radius 3 is 2.10 bits per heavy atom. The average Bonchev–Trinajstić information content (AvgIpc) is 3.63. The summed E-state index contributed by atoms with van der Waals surface area (Å²) in [6, 6.07) is 9.46. The first kappa shape index (κ1) is 31.5. The molecule has 3 saturated heterocycles. The summed E-state index contributed by atoms with van der Waals surface area (Å²) in [6.45, 7) is 16.7. The molecule has 0 N–H and O–H groups in total. The number of rotatable bonds is 14. The molecule has 0 saturated carbocycles. The molecule has 3 fully saturated rings. The van der Waals surface area contributed by atoms with Gasteiger partial charge in [0.05, 0.1) is 63.2 Å². The van der Waals surface area contributed by atoms with E-state index in [1.807, 2.05) is 0 Å². The number of hydrogen-bond acceptors (Lipinski definition) is 8. The van der Waals surface area contributed by atoms with E-state index in [2.05, 4.69) is 75.9 Å². The molecule has 5 rings (SSSR count). The minimum absolute atomic E-state index is 0.119. The van der Waals surface area contributed by atoms with Crippen LogP contribution in [0.2, 0.25) is 0 Å². The Hall–Kier alpha value is -1.94. The first-order valence-electron chi connectivity index (χ1n) is 16.0. The van der Waals surface area contributed by atoms with E-state index in [0.29, 0.717) is 42.9 Å². The van der Waals surface area contributed by atoms with E-state index in [1.54, 1.807) is 0 Å². The molecule has 0 amide bonds. The summed E-state index contributed by atoms with van der Waals surface area (Å²) in [6.07, 6.45) is 2.17. The van der Waals surface area contributed by atoms with Gasteiger partial charge >= 0.3 is 0 Å². The zero-order chi connectivity index (χ0) is 29.6. The van der Waals surface area contributed by atoms with Gasteiger partial charge in [-0.3, -0.25) is 19.8 Å². The zero-order valence-corrected chi connectivity index (χ0v) is 26.7. The molecule has 0 bridgehead atoms. The maximum atomic E-state index is 6.23. The van der Waals surface area contributed by atoms with Crippen molar-refractivity contribution in [1.29, 1.82) is 0 Å². The van der Waals surface area contributed by atoms with Crippen molar-refractivity contribution in [2.45, 2.75) is 89.4 Å². The third-order valence-electron chi connectivity index (χ3n) is 9.12. The van der Waals surface area contributed by atoms with Crippen LogP contribution in [0.25, 0.3) is 0 Å². The number of ether oxygens (including phenoxy) is 4. The van der Waals surface area contributed by atoms with Crippen LogP contribution in [0, 0.1) is 0 Å². The summed E-state index contributed by atoms with van der Waals surface area (Å²) in [7, 11) is 4.34. The second-order valence-electron chi connectivity index (χ2n) is 13.2. The minimum Gasteiger partial charge on any atom is -0.381 e. The fourth-order valence-electron chi connectivity index (χ4n) is 6.13. The van der Waals surface area contributed by atoms with E-state index < -0.39 is 0 Å². The lowest BCUT2D eigenvalue weighted by Gasteiger charge is -2.35. The van der Waals surface area contributed by atoms with Gasteiger partial charge in [0, 0.05) is 49.5 Å². The molecule has 2 aromatic rings. The van der Waals surface area contributed by atoms with Crippen LogP contribution < -0.4 is 0 Å². The lowest BCUT2D eigenvalue weighted by Crippen LogP contribution is -2.46. The average molecular weight is 581 g/mol. The second-order valence-corrected chi connectivity index (χ2v) is 13.2. The van der Waals surface area contributed by atoms with Crippen molar-refractivity contribution in [1.82, 2.24) is 19.8 Å². The molecule has 8 heteroatoms. The summed E-state index contributed by atoms with van der Waals surface area (Å²) in [4.78, 5) is 14.9. The molecule has 8 nitrogen and oxygen atoms in total. The minimum atomic E-state index is 0.119. The second kappa shape index (κ2) is 14.7. The smallest absolute Gasteiger partial charge is 0.0815 e. The van der Waals surface area contributed by atoms with Crippen LogP contribution in [0.15, 0.2) is 24.3 Å². The van der Waals surface area contributed by atoms with Gasteiger partial charge in [0.15, 0.2) is 0 Å². The highest BCUT2D eigenvalue weighted by Gasteiger charge is 2.31. The number of aromatic nitrogens is 2. The fourth-order valence-corrected chi connectivity index (χ4v) is 6.13. The number of pyridine rings is 2. The van der Waals surface area contributed by atoms with Gasteiger partial charge in [0.2, 0.25) is 0 Å². The van der Waals surface area contributed by atoms with Crippen LogP contribution in [-0.2, 0) is 32.0 Å². The molecule has 42 heavy (non-hydrogen) atoms. The van der Waals surface area contributed by atoms with E-state index in [1.165, 1.54) is 22.5 Å². The van der Waals surface area contributed by atoms with Crippen molar-refractivity contribution in [3.05, 3.63) is 58.2 Å². The molecule has 0 aliphatic carbocycles. The Morgan fingerprint density at radius 2 is 1.50 bits per heavy atom. The standard InChI is InChI=1S/C34H52N4O4/c1-23(2)31-9-7-29(25-11-13-39-18-25)33(35-31)16-37(5)12-14-40-22-28-15-26(19-42-28)30-8-10-32(24(3)4)36-34(30)17-38(6)27-20-41-21-27/h7-10,23-28H,11-22H2,1-6H3/t25-,26+,28?/m1/s1. The van der Waals surface area contributed by atoms with Gasteiger partial charge in [-0.15, -0.1) is 0 Å². The lowest BCUT2D eigenvalue weighted by molar-refractivity contribution is -0.0590. The summed E-state index contributed by atoms with van der Waals surface area (Å²) in [5.74, 6) is 1.64. The molecule has 3 aliphatic rings. The van der Waals surface area contributed by atoms with Crippen LogP contribution >= 0.6 is 0 Å². The van der Waals surface area contributed by atoms with Gasteiger partial charge in [-0.25, -0.2) is 0 Å². The molecule has 2 aromatic heterocycles. The van der Waals surface area contributed by atoms with Gasteiger partial charge in [-0.2, -0.15) is 0 Å². The molecule has 0 aromatic carbocycles. The Labute approximate surface area is 253 Å². The largest absolute Gasteiger partial charge is 0.381 e. The number of nitrogens with zero attached hydrogens (tertiary/aromatic N) is 4. The fraction of sp³-hybridized carbons (Fsp3) is 0.706. The van der Waals surface area contributed by atoms with E-state index in [-0.39, 0.29) is 6.10 Å². The van der Waals surface area contributed by atoms with E-state index in [0.717, 1.165) is 76.9 Å². The Bertz CT molecular complexity index is 1150. The van der Waals surface area contributed by atoms with E-state index >= 15 is 0 Å². The van der Waals surface area contributed by atoms with Gasteiger partial charge in [-0.05, 0) is 62.0 Å². The van der Waals surface area contributed by atoms with Crippen LogP contribution in [0.4, 0.5) is 0 Å². The molecule has 0 radical (unpaired) electrons. The molecule has 3 aliphatic heterocycles. The maximum absolute atomic E-state index is 6.23. The summed E-state index contributed by atoms with van der Waals surface area (Å²) >= 11 is 0.